The Balaban J connectivity index is 2.64. The van der Waals surface area contributed by atoms with Crippen molar-refractivity contribution in [2.45, 2.75) is 18.9 Å². The van der Waals surface area contributed by atoms with Crippen LogP contribution in [0.25, 0.3) is 0 Å². The van der Waals surface area contributed by atoms with Crippen molar-refractivity contribution >= 4 is 23.7 Å². The Labute approximate surface area is 137 Å². The number of urea groups is 1. The van der Waals surface area contributed by atoms with Gasteiger partial charge in [-0.2, -0.15) is 10.3 Å². The van der Waals surface area contributed by atoms with Crippen molar-refractivity contribution in [2.75, 3.05) is 7.05 Å². The first-order chi connectivity index (χ1) is 11.3. The molecule has 0 aromatic heterocycles. The van der Waals surface area contributed by atoms with Crippen molar-refractivity contribution < 1.29 is 24.6 Å². The Bertz CT molecular complexity index is 680. The van der Waals surface area contributed by atoms with Crippen molar-refractivity contribution in [1.82, 2.24) is 10.3 Å². The minimum atomic E-state index is -1.35. The Hall–Kier alpha value is -3.48. The lowest BCUT2D eigenvalue weighted by molar-refractivity contribution is -0.140. The third-order valence-electron chi connectivity index (χ3n) is 2.83. The number of hydrogen-bond donors (Lipinski definition) is 3. The van der Waals surface area contributed by atoms with Gasteiger partial charge < -0.3 is 15.5 Å². The number of amides is 2. The molecule has 0 radical (unpaired) electrons. The fourth-order valence-corrected chi connectivity index (χ4v) is 1.53. The molecular formula is C14H15N5O5. The monoisotopic (exact) mass is 333 g/mol. The molecule has 126 valence electrons. The van der Waals surface area contributed by atoms with Gasteiger partial charge in [-0.05, 0) is 30.7 Å². The summed E-state index contributed by atoms with van der Waals surface area (Å²) in [7, 11) is 1.26. The average molecular weight is 333 g/mol. The van der Waals surface area contributed by atoms with E-state index < -0.39 is 30.4 Å². The Kier molecular flexibility index (Phi) is 6.84. The molecule has 10 heteroatoms. The number of carboxylic acids is 2. The Morgan fingerprint density at radius 1 is 1.29 bits per heavy atom. The van der Waals surface area contributed by atoms with Gasteiger partial charge in [-0.25, -0.2) is 9.59 Å². The lowest BCUT2D eigenvalue weighted by atomic mass is 10.1. The van der Waals surface area contributed by atoms with Crippen LogP contribution in [-0.2, 0) is 9.59 Å². The summed E-state index contributed by atoms with van der Waals surface area (Å²) in [6.45, 7) is 0. The van der Waals surface area contributed by atoms with E-state index in [2.05, 4.69) is 15.7 Å². The maximum absolute atomic E-state index is 11.8. The summed E-state index contributed by atoms with van der Waals surface area (Å²) in [5, 5.41) is 36.5. The largest absolute Gasteiger partial charge is 0.481 e. The molecule has 0 spiro atoms. The summed E-state index contributed by atoms with van der Waals surface area (Å²) in [6, 6.07) is 5.87. The molecule has 0 unspecified atom stereocenters. The molecule has 1 aromatic rings. The molecule has 1 aromatic carbocycles. The van der Waals surface area contributed by atoms with Crippen LogP contribution in [0.4, 0.5) is 10.5 Å². The van der Waals surface area contributed by atoms with Gasteiger partial charge in [0, 0.05) is 13.5 Å². The fraction of sp³-hybridized carbons (Fsp3) is 0.286. The summed E-state index contributed by atoms with van der Waals surface area (Å²) < 4.78 is 0. The topological polar surface area (TPSA) is 155 Å². The number of nitrogens with one attached hydrogen (secondary N) is 1. The molecule has 0 bridgehead atoms. The number of rotatable bonds is 7. The van der Waals surface area contributed by atoms with E-state index in [9.17, 15) is 14.4 Å². The summed E-state index contributed by atoms with van der Waals surface area (Å²) in [4.78, 5) is 33.3. The van der Waals surface area contributed by atoms with Crippen LogP contribution in [0.3, 0.4) is 0 Å². The summed E-state index contributed by atoms with van der Waals surface area (Å²) in [5.41, 5.74) is 0.845. The average Bonchev–Trinajstić information content (AvgIpc) is 2.56. The van der Waals surface area contributed by atoms with E-state index in [1.807, 2.05) is 6.07 Å². The number of benzene rings is 1. The van der Waals surface area contributed by atoms with E-state index in [4.69, 9.17) is 15.5 Å². The number of nitriles is 1. The molecule has 0 aliphatic rings. The van der Waals surface area contributed by atoms with Crippen LogP contribution in [0, 0.1) is 11.3 Å². The molecule has 10 nitrogen and oxygen atoms in total. The predicted octanol–water partition coefficient (Wildman–Crippen LogP) is 1.52. The van der Waals surface area contributed by atoms with Gasteiger partial charge in [0.05, 0.1) is 17.3 Å². The minimum Gasteiger partial charge on any atom is -0.481 e. The second-order valence-electron chi connectivity index (χ2n) is 4.64. The van der Waals surface area contributed by atoms with Gasteiger partial charge in [0.1, 0.15) is 6.04 Å². The summed E-state index contributed by atoms with van der Waals surface area (Å²) >= 11 is 0. The normalized spacial score (nSPS) is 11.5. The molecule has 3 N–H and O–H groups in total. The zero-order valence-electron chi connectivity index (χ0n) is 12.7. The predicted molar refractivity (Wildman–Crippen MR) is 80.3 cm³/mol. The lowest BCUT2D eigenvalue weighted by Gasteiger charge is -2.16. The second kappa shape index (κ2) is 8.84. The van der Waals surface area contributed by atoms with Crippen molar-refractivity contribution in [3.05, 3.63) is 29.8 Å². The molecule has 24 heavy (non-hydrogen) atoms. The van der Waals surface area contributed by atoms with Gasteiger partial charge in [0.2, 0.25) is 0 Å². The highest BCUT2D eigenvalue weighted by Gasteiger charge is 2.22. The van der Waals surface area contributed by atoms with Crippen LogP contribution < -0.4 is 5.32 Å². The molecule has 1 rings (SSSR count). The van der Waals surface area contributed by atoms with E-state index >= 15 is 0 Å². The summed E-state index contributed by atoms with van der Waals surface area (Å²) in [6.07, 6.45) is -0.648. The van der Waals surface area contributed by atoms with E-state index in [0.717, 1.165) is 5.01 Å². The van der Waals surface area contributed by atoms with Gasteiger partial charge >= 0.3 is 18.0 Å². The first kappa shape index (κ1) is 18.6. The van der Waals surface area contributed by atoms with Gasteiger partial charge in [0.15, 0.2) is 0 Å². The van der Waals surface area contributed by atoms with E-state index in [1.165, 1.54) is 31.3 Å². The number of carboxylic acid groups (broad SMARTS) is 2. The van der Waals surface area contributed by atoms with E-state index in [0.29, 0.717) is 11.3 Å². The molecule has 0 saturated carbocycles. The SMILES string of the molecule is CN(N=Nc1ccc(C#N)cc1)C(=O)N[C@@H](CCC(=O)O)C(=O)O. The minimum absolute atomic E-state index is 0.253. The van der Waals surface area contributed by atoms with Gasteiger partial charge in [-0.3, -0.25) is 4.79 Å². The molecular weight excluding hydrogens is 318 g/mol. The first-order valence-electron chi connectivity index (χ1n) is 6.74. The van der Waals surface area contributed by atoms with Gasteiger partial charge in [-0.1, -0.05) is 5.22 Å². The third-order valence-corrected chi connectivity index (χ3v) is 2.83. The molecule has 0 aliphatic carbocycles. The number of carbonyl (C=O) groups excluding carboxylic acids is 1. The van der Waals surface area contributed by atoms with Gasteiger partial charge in [0.25, 0.3) is 0 Å². The second-order valence-corrected chi connectivity index (χ2v) is 4.64. The van der Waals surface area contributed by atoms with Crippen LogP contribution in [0.2, 0.25) is 0 Å². The van der Waals surface area contributed by atoms with Crippen molar-refractivity contribution in [1.29, 1.82) is 5.26 Å². The smallest absolute Gasteiger partial charge is 0.339 e. The van der Waals surface area contributed by atoms with Crippen LogP contribution in [0.1, 0.15) is 18.4 Å². The van der Waals surface area contributed by atoms with E-state index in [1.54, 1.807) is 0 Å². The van der Waals surface area contributed by atoms with Crippen molar-refractivity contribution in [2.24, 2.45) is 10.3 Å². The number of hydrogen-bond acceptors (Lipinski definition) is 6. The first-order valence-corrected chi connectivity index (χ1v) is 6.74. The summed E-state index contributed by atoms with van der Waals surface area (Å²) in [5.74, 6) is -2.51. The number of nitrogens with zero attached hydrogens (tertiary/aromatic N) is 4. The zero-order valence-corrected chi connectivity index (χ0v) is 12.7. The lowest BCUT2D eigenvalue weighted by Crippen LogP contribution is -2.45. The Morgan fingerprint density at radius 2 is 1.92 bits per heavy atom. The van der Waals surface area contributed by atoms with Crippen LogP contribution in [0.15, 0.2) is 34.6 Å². The molecule has 0 fully saturated rings. The maximum atomic E-state index is 11.8. The quantitative estimate of drug-likeness (QED) is 0.507. The molecule has 0 saturated heterocycles. The van der Waals surface area contributed by atoms with Crippen molar-refractivity contribution in [3.8, 4) is 6.07 Å². The highest BCUT2D eigenvalue weighted by molar-refractivity contribution is 5.82. The molecule has 2 amide bonds. The third kappa shape index (κ3) is 6.10. The fourth-order valence-electron chi connectivity index (χ4n) is 1.53. The van der Waals surface area contributed by atoms with E-state index in [-0.39, 0.29) is 6.42 Å². The molecule has 0 aliphatic heterocycles. The van der Waals surface area contributed by atoms with Crippen LogP contribution >= 0.6 is 0 Å². The van der Waals surface area contributed by atoms with Crippen LogP contribution in [0.5, 0.6) is 0 Å². The Morgan fingerprint density at radius 3 is 2.42 bits per heavy atom. The zero-order chi connectivity index (χ0) is 18.1. The van der Waals surface area contributed by atoms with Crippen molar-refractivity contribution in [3.63, 3.8) is 0 Å². The highest BCUT2D eigenvalue weighted by atomic mass is 16.4. The highest BCUT2D eigenvalue weighted by Crippen LogP contribution is 2.13. The molecule has 1 atom stereocenters. The number of aliphatic carboxylic acids is 2. The maximum Gasteiger partial charge on any atom is 0.339 e. The standard InChI is InChI=1S/C14H15N5O5/c1-19(18-17-10-4-2-9(8-15)3-5-10)14(24)16-11(13(22)23)6-7-12(20)21/h2-5,11H,6-7H2,1H3,(H,16,24)(H,20,21)(H,22,23)/t11-/m0/s1. The number of carbonyl (C=O) groups is 3. The van der Waals surface area contributed by atoms with Crippen LogP contribution in [-0.4, -0.2) is 46.3 Å². The van der Waals surface area contributed by atoms with Gasteiger partial charge in [-0.15, -0.1) is 5.11 Å². The molecule has 0 heterocycles.